The molecule has 42 heavy (non-hydrogen) atoms. The lowest BCUT2D eigenvalue weighted by Gasteiger charge is -2.23. The van der Waals surface area contributed by atoms with Gasteiger partial charge < -0.3 is 24.6 Å². The highest BCUT2D eigenvalue weighted by Crippen LogP contribution is 2.48. The molecule has 4 aromatic rings. The molecule has 3 fully saturated rings. The maximum Gasteiger partial charge on any atom is 0.191 e. The number of nitrogens with one attached hydrogen (secondary N) is 1. The Morgan fingerprint density at radius 2 is 1.86 bits per heavy atom. The summed E-state index contributed by atoms with van der Waals surface area (Å²) < 4.78 is 20.4. The number of aliphatic hydroxyl groups is 1. The van der Waals surface area contributed by atoms with Crippen LogP contribution >= 0.6 is 11.8 Å². The van der Waals surface area contributed by atoms with Crippen molar-refractivity contribution < 1.29 is 19.3 Å². The minimum Gasteiger partial charge on any atom is -0.457 e. The fourth-order valence-electron chi connectivity index (χ4n) is 6.20. The van der Waals surface area contributed by atoms with Gasteiger partial charge in [-0.1, -0.05) is 54.2 Å². The first-order chi connectivity index (χ1) is 20.4. The van der Waals surface area contributed by atoms with Crippen molar-refractivity contribution in [1.82, 2.24) is 25.0 Å². The van der Waals surface area contributed by atoms with Crippen LogP contribution in [-0.4, -0.2) is 66.5 Å². The number of anilines is 1. The molecular formula is C31H36N6O4S. The van der Waals surface area contributed by atoms with E-state index in [1.165, 1.54) is 5.56 Å². The highest BCUT2D eigenvalue weighted by Gasteiger charge is 2.55. The van der Waals surface area contributed by atoms with Gasteiger partial charge >= 0.3 is 0 Å². The number of rotatable bonds is 10. The number of hydrogen-bond acceptors (Lipinski definition) is 10. The Kier molecular flexibility index (Phi) is 7.29. The smallest absolute Gasteiger partial charge is 0.191 e. The molecule has 2 aliphatic carbocycles. The lowest BCUT2D eigenvalue weighted by Crippen LogP contribution is -2.28. The molecule has 0 amide bonds. The Morgan fingerprint density at radius 3 is 2.67 bits per heavy atom. The van der Waals surface area contributed by atoms with E-state index in [0.29, 0.717) is 34.5 Å². The molecule has 0 radical (unpaired) electrons. The van der Waals surface area contributed by atoms with E-state index in [4.69, 9.17) is 24.2 Å². The van der Waals surface area contributed by atoms with Gasteiger partial charge in [-0.3, -0.25) is 0 Å². The molecule has 10 nitrogen and oxygen atoms in total. The summed E-state index contributed by atoms with van der Waals surface area (Å²) in [6.07, 6.45) is 2.24. The van der Waals surface area contributed by atoms with Gasteiger partial charge in [-0.25, -0.2) is 14.6 Å². The number of para-hydroxylation sites is 1. The van der Waals surface area contributed by atoms with Crippen molar-refractivity contribution in [2.45, 2.75) is 81.2 Å². The molecule has 6 unspecified atom stereocenters. The predicted octanol–water partition coefficient (Wildman–Crippen LogP) is 5.56. The van der Waals surface area contributed by atoms with Gasteiger partial charge in [-0.2, -0.15) is 0 Å². The van der Waals surface area contributed by atoms with Gasteiger partial charge in [0, 0.05) is 30.2 Å². The van der Waals surface area contributed by atoms with E-state index in [-0.39, 0.29) is 36.8 Å². The van der Waals surface area contributed by atoms with Crippen molar-refractivity contribution in [3.05, 3.63) is 60.2 Å². The Balaban J connectivity index is 1.15. The molecule has 2 saturated carbocycles. The van der Waals surface area contributed by atoms with Gasteiger partial charge in [0.15, 0.2) is 27.9 Å². The van der Waals surface area contributed by atoms with E-state index in [2.05, 4.69) is 34.7 Å². The summed E-state index contributed by atoms with van der Waals surface area (Å²) in [5.74, 6) is 2.84. The zero-order valence-corrected chi connectivity index (χ0v) is 24.8. The zero-order valence-electron chi connectivity index (χ0n) is 24.0. The highest BCUT2D eigenvalue weighted by molar-refractivity contribution is 7.99. The predicted molar refractivity (Wildman–Crippen MR) is 160 cm³/mol. The molecule has 0 spiro atoms. The summed E-state index contributed by atoms with van der Waals surface area (Å²) >= 11 is 1.63. The Bertz CT molecular complexity index is 1570. The Hall–Kier alpha value is -3.25. The van der Waals surface area contributed by atoms with Crippen molar-refractivity contribution in [1.29, 1.82) is 0 Å². The van der Waals surface area contributed by atoms with Crippen LogP contribution < -0.4 is 10.1 Å². The van der Waals surface area contributed by atoms with E-state index in [1.807, 2.05) is 61.0 Å². The van der Waals surface area contributed by atoms with Crippen LogP contribution in [0.15, 0.2) is 59.8 Å². The molecule has 2 aromatic heterocycles. The lowest BCUT2D eigenvalue weighted by molar-refractivity contribution is -0.162. The SMILES string of the molecule is CCCSc1nc(NC2CC2c2cccc(Oc3ccccc3)c2)c2nnn(C3CC(CO)C4OC(C)(C)OC43)c2n1. The number of fused-ring (bicyclic) bond motifs is 2. The third kappa shape index (κ3) is 5.34. The average molecular weight is 589 g/mol. The standard InChI is InChI=1S/C31H36N6O4S/c1-4-13-42-30-33-28(32-23-16-22(23)18-9-8-12-21(14-18)39-20-10-6-5-7-11-20)25-29(34-30)37(36-35-25)24-15-19(17-38)26-27(24)41-31(2,3)40-26/h5-12,14,19,22-24,26-27,38H,4,13,15-17H2,1-3H3,(H,32,33,34). The van der Waals surface area contributed by atoms with Gasteiger partial charge in [0.2, 0.25) is 0 Å². The Labute approximate surface area is 249 Å². The second kappa shape index (κ2) is 11.1. The molecular weight excluding hydrogens is 552 g/mol. The Morgan fingerprint density at radius 1 is 1.05 bits per heavy atom. The van der Waals surface area contributed by atoms with E-state index in [1.54, 1.807) is 11.8 Å². The lowest BCUT2D eigenvalue weighted by atomic mass is 10.1. The van der Waals surface area contributed by atoms with Crippen LogP contribution in [0.2, 0.25) is 0 Å². The molecule has 1 aliphatic heterocycles. The fraction of sp³-hybridized carbons (Fsp3) is 0.484. The fourth-order valence-corrected chi connectivity index (χ4v) is 6.89. The van der Waals surface area contributed by atoms with Gasteiger partial charge in [0.25, 0.3) is 0 Å². The normalized spacial score (nSPS) is 27.7. The van der Waals surface area contributed by atoms with Gasteiger partial charge in [-0.15, -0.1) is 5.10 Å². The van der Waals surface area contributed by atoms with E-state index < -0.39 is 5.79 Å². The van der Waals surface area contributed by atoms with Crippen molar-refractivity contribution in [2.75, 3.05) is 17.7 Å². The van der Waals surface area contributed by atoms with Gasteiger partial charge in [0.1, 0.15) is 17.6 Å². The molecule has 220 valence electrons. The third-order valence-electron chi connectivity index (χ3n) is 8.22. The highest BCUT2D eigenvalue weighted by atomic mass is 32.2. The van der Waals surface area contributed by atoms with E-state index >= 15 is 0 Å². The number of thioether (sulfide) groups is 1. The summed E-state index contributed by atoms with van der Waals surface area (Å²) in [5, 5.41) is 23.6. The number of benzene rings is 2. The maximum atomic E-state index is 10.1. The molecule has 3 aliphatic rings. The largest absolute Gasteiger partial charge is 0.457 e. The maximum absolute atomic E-state index is 10.1. The van der Waals surface area contributed by atoms with Crippen LogP contribution in [0.1, 0.15) is 57.6 Å². The molecule has 11 heteroatoms. The second-order valence-electron chi connectivity index (χ2n) is 11.8. The van der Waals surface area contributed by atoms with E-state index in [9.17, 15) is 5.11 Å². The average Bonchev–Trinajstić information content (AvgIpc) is 3.32. The zero-order chi connectivity index (χ0) is 28.8. The monoisotopic (exact) mass is 588 g/mol. The first-order valence-corrected chi connectivity index (χ1v) is 15.7. The van der Waals surface area contributed by atoms with Crippen molar-refractivity contribution in [3.63, 3.8) is 0 Å². The van der Waals surface area contributed by atoms with Crippen molar-refractivity contribution >= 4 is 28.7 Å². The number of nitrogens with zero attached hydrogens (tertiary/aromatic N) is 5. The molecule has 2 aromatic carbocycles. The first-order valence-electron chi connectivity index (χ1n) is 14.7. The minimum absolute atomic E-state index is 0.0315. The van der Waals surface area contributed by atoms with Gasteiger partial charge in [0.05, 0.1) is 12.1 Å². The third-order valence-corrected chi connectivity index (χ3v) is 9.27. The number of ether oxygens (including phenoxy) is 3. The molecule has 1 saturated heterocycles. The second-order valence-corrected chi connectivity index (χ2v) is 12.9. The topological polar surface area (TPSA) is 116 Å². The van der Waals surface area contributed by atoms with Crippen LogP contribution in [0.25, 0.3) is 11.2 Å². The van der Waals surface area contributed by atoms with E-state index in [0.717, 1.165) is 30.1 Å². The number of aliphatic hydroxyl groups excluding tert-OH is 1. The minimum atomic E-state index is -0.716. The molecule has 7 rings (SSSR count). The van der Waals surface area contributed by atoms with Gasteiger partial charge in [-0.05, 0) is 62.9 Å². The first kappa shape index (κ1) is 27.6. The quantitative estimate of drug-likeness (QED) is 0.180. The molecule has 0 bridgehead atoms. The summed E-state index contributed by atoms with van der Waals surface area (Å²) in [6, 6.07) is 18.2. The summed E-state index contributed by atoms with van der Waals surface area (Å²) in [5.41, 5.74) is 2.55. The van der Waals surface area contributed by atoms with Crippen LogP contribution in [0, 0.1) is 5.92 Å². The van der Waals surface area contributed by atoms with Crippen LogP contribution in [0.3, 0.4) is 0 Å². The van der Waals surface area contributed by atoms with Crippen molar-refractivity contribution in [3.8, 4) is 11.5 Å². The summed E-state index contributed by atoms with van der Waals surface area (Å²) in [4.78, 5) is 9.80. The molecule has 3 heterocycles. The number of hydrogen-bond donors (Lipinski definition) is 2. The molecule has 6 atom stereocenters. The van der Waals surface area contributed by atoms with Crippen molar-refractivity contribution in [2.24, 2.45) is 5.92 Å². The van der Waals surface area contributed by atoms with Crippen LogP contribution in [0.4, 0.5) is 5.82 Å². The van der Waals surface area contributed by atoms with Crippen LogP contribution in [-0.2, 0) is 9.47 Å². The summed E-state index contributed by atoms with van der Waals surface area (Å²) in [6.45, 7) is 6.00. The number of aromatic nitrogens is 5. The van der Waals surface area contributed by atoms with Crippen LogP contribution in [0.5, 0.6) is 11.5 Å². The summed E-state index contributed by atoms with van der Waals surface area (Å²) in [7, 11) is 0. The molecule has 2 N–H and O–H groups in total.